The van der Waals surface area contributed by atoms with Gasteiger partial charge in [-0.3, -0.25) is 9.59 Å². The van der Waals surface area contributed by atoms with E-state index in [1.54, 1.807) is 18.5 Å². The smallest absolute Gasteiger partial charge is 0.292 e. The topological polar surface area (TPSA) is 64.0 Å². The molecule has 2 rings (SSSR count). The summed E-state index contributed by atoms with van der Waals surface area (Å²) in [5.41, 5.74) is 2.47. The summed E-state index contributed by atoms with van der Waals surface area (Å²) in [4.78, 5) is 24.7. The van der Waals surface area contributed by atoms with Crippen molar-refractivity contribution >= 4 is 11.7 Å². The van der Waals surface area contributed by atoms with Crippen LogP contribution in [0.2, 0.25) is 0 Å². The molecule has 0 aliphatic rings. The zero-order chi connectivity index (χ0) is 17.1. The number of hydrogen-bond acceptors (Lipinski definition) is 3. The molecular weight excluding hydrogens is 290 g/mol. The van der Waals surface area contributed by atoms with Gasteiger partial charge >= 0.3 is 0 Å². The van der Waals surface area contributed by atoms with Gasteiger partial charge < -0.3 is 5.32 Å². The minimum atomic E-state index is -0.579. The Balaban J connectivity index is 2.32. The lowest BCUT2D eigenvalue weighted by Crippen LogP contribution is -2.40. The molecule has 1 N–H and O–H groups in total. The van der Waals surface area contributed by atoms with Gasteiger partial charge in [-0.25, -0.2) is 4.68 Å². The largest absolute Gasteiger partial charge is 0.346 e. The number of rotatable bonds is 5. The second kappa shape index (κ2) is 6.77. The van der Waals surface area contributed by atoms with E-state index in [9.17, 15) is 9.59 Å². The molecule has 1 heterocycles. The number of nitrogens with one attached hydrogen (secondary N) is 1. The maximum absolute atomic E-state index is 12.5. The molecule has 5 nitrogen and oxygen atoms in total. The molecule has 2 aromatic rings. The van der Waals surface area contributed by atoms with E-state index in [1.807, 2.05) is 51.1 Å². The van der Waals surface area contributed by atoms with Gasteiger partial charge in [-0.05, 0) is 38.8 Å². The van der Waals surface area contributed by atoms with E-state index in [4.69, 9.17) is 0 Å². The Morgan fingerprint density at radius 3 is 2.26 bits per heavy atom. The Bertz CT molecular complexity index is 717. The molecule has 0 aliphatic carbocycles. The summed E-state index contributed by atoms with van der Waals surface area (Å²) in [7, 11) is 0. The predicted molar refractivity (Wildman–Crippen MR) is 89.8 cm³/mol. The average molecular weight is 313 g/mol. The monoisotopic (exact) mass is 313 g/mol. The summed E-state index contributed by atoms with van der Waals surface area (Å²) < 4.78 is 1.70. The molecule has 1 unspecified atom stereocenters. The highest BCUT2D eigenvalue weighted by atomic mass is 16.2. The zero-order valence-electron chi connectivity index (χ0n) is 14.3. The molecule has 122 valence electrons. The quantitative estimate of drug-likeness (QED) is 0.682. The first-order chi connectivity index (χ1) is 10.8. The number of para-hydroxylation sites is 1. The van der Waals surface area contributed by atoms with Crippen molar-refractivity contribution < 1.29 is 9.59 Å². The molecule has 1 amide bonds. The van der Waals surface area contributed by atoms with Crippen LogP contribution in [-0.2, 0) is 4.79 Å². The lowest BCUT2D eigenvalue weighted by Gasteiger charge is -2.16. The number of ketones is 1. The summed E-state index contributed by atoms with van der Waals surface area (Å²) in [5, 5.41) is 7.17. The Hall–Kier alpha value is -2.43. The fourth-order valence-corrected chi connectivity index (χ4v) is 2.34. The Morgan fingerprint density at radius 1 is 1.09 bits per heavy atom. The Morgan fingerprint density at radius 2 is 1.70 bits per heavy atom. The number of aromatic nitrogens is 2. The lowest BCUT2D eigenvalue weighted by atomic mass is 10.0. The van der Waals surface area contributed by atoms with E-state index < -0.39 is 11.7 Å². The molecule has 0 spiro atoms. The molecule has 0 bridgehead atoms. The van der Waals surface area contributed by atoms with Gasteiger partial charge in [0.1, 0.15) is 0 Å². The summed E-state index contributed by atoms with van der Waals surface area (Å²) >= 11 is 0. The van der Waals surface area contributed by atoms with E-state index in [2.05, 4.69) is 10.4 Å². The number of amides is 1. The average Bonchev–Trinajstić information content (AvgIpc) is 2.82. The Labute approximate surface area is 136 Å². The van der Waals surface area contributed by atoms with Gasteiger partial charge in [0, 0.05) is 6.04 Å². The number of carbonyl (C=O) groups excluding carboxylic acids is 2. The fourth-order valence-electron chi connectivity index (χ4n) is 2.34. The van der Waals surface area contributed by atoms with Crippen LogP contribution < -0.4 is 5.32 Å². The van der Waals surface area contributed by atoms with Crippen molar-refractivity contribution in [2.45, 2.75) is 40.7 Å². The minimum absolute atomic E-state index is 0.0590. The van der Waals surface area contributed by atoms with Crippen LogP contribution in [0.15, 0.2) is 30.3 Å². The molecule has 1 aromatic carbocycles. The van der Waals surface area contributed by atoms with E-state index in [1.165, 1.54) is 0 Å². The maximum Gasteiger partial charge on any atom is 0.292 e. The number of nitrogens with zero attached hydrogens (tertiary/aromatic N) is 2. The zero-order valence-corrected chi connectivity index (χ0v) is 14.3. The first-order valence-electron chi connectivity index (χ1n) is 7.79. The maximum atomic E-state index is 12.5. The molecule has 0 radical (unpaired) electrons. The van der Waals surface area contributed by atoms with Crippen molar-refractivity contribution in [1.29, 1.82) is 0 Å². The van der Waals surface area contributed by atoms with E-state index in [-0.39, 0.29) is 12.0 Å². The van der Waals surface area contributed by atoms with Gasteiger partial charge in [-0.1, -0.05) is 32.0 Å². The van der Waals surface area contributed by atoms with Gasteiger partial charge in [-0.2, -0.15) is 5.10 Å². The summed E-state index contributed by atoms with van der Waals surface area (Å²) in [6.45, 7) is 9.44. The molecule has 0 aliphatic heterocycles. The van der Waals surface area contributed by atoms with Crippen LogP contribution in [0.4, 0.5) is 0 Å². The van der Waals surface area contributed by atoms with Crippen molar-refractivity contribution in [2.24, 2.45) is 5.92 Å². The van der Waals surface area contributed by atoms with Gasteiger partial charge in [0.15, 0.2) is 0 Å². The van der Waals surface area contributed by atoms with E-state index in [0.717, 1.165) is 5.69 Å². The van der Waals surface area contributed by atoms with E-state index >= 15 is 0 Å². The summed E-state index contributed by atoms with van der Waals surface area (Å²) in [5.74, 6) is -0.847. The van der Waals surface area contributed by atoms with Crippen LogP contribution in [0.25, 0.3) is 5.69 Å². The second-order valence-electron chi connectivity index (χ2n) is 6.13. The number of Topliss-reactive ketones (excluding diaryl/α,β-unsaturated/α-hetero) is 1. The highest BCUT2D eigenvalue weighted by molar-refractivity contribution is 6.43. The molecule has 0 saturated heterocycles. The third-order valence-electron chi connectivity index (χ3n) is 4.08. The normalized spacial score (nSPS) is 12.3. The van der Waals surface area contributed by atoms with Crippen LogP contribution in [-0.4, -0.2) is 27.5 Å². The summed E-state index contributed by atoms with van der Waals surface area (Å²) in [6.07, 6.45) is 0. The number of hydrogen-bond donors (Lipinski definition) is 1. The third kappa shape index (κ3) is 3.50. The standard InChI is InChI=1S/C18H23N3O2/c1-11(2)12(3)19-18(23)17(22)16-13(4)20-21(14(16)5)15-9-7-6-8-10-15/h6-12H,1-5H3,(H,19,23). The highest BCUT2D eigenvalue weighted by Gasteiger charge is 2.26. The van der Waals surface area contributed by atoms with Crippen molar-refractivity contribution in [1.82, 2.24) is 15.1 Å². The first kappa shape index (κ1) is 16.9. The van der Waals surface area contributed by atoms with Crippen LogP contribution in [0.1, 0.15) is 42.5 Å². The van der Waals surface area contributed by atoms with Gasteiger partial charge in [-0.15, -0.1) is 0 Å². The Kier molecular flexibility index (Phi) is 4.98. The first-order valence-corrected chi connectivity index (χ1v) is 7.79. The molecule has 1 atom stereocenters. The van der Waals surface area contributed by atoms with Gasteiger partial charge in [0.05, 0.1) is 22.6 Å². The number of aryl methyl sites for hydroxylation is 1. The van der Waals surface area contributed by atoms with Crippen molar-refractivity contribution in [3.63, 3.8) is 0 Å². The van der Waals surface area contributed by atoms with Crippen molar-refractivity contribution in [3.8, 4) is 5.69 Å². The number of benzene rings is 1. The molecule has 1 aromatic heterocycles. The van der Waals surface area contributed by atoms with Crippen LogP contribution in [0.5, 0.6) is 0 Å². The van der Waals surface area contributed by atoms with Crippen LogP contribution in [0, 0.1) is 19.8 Å². The predicted octanol–water partition coefficient (Wildman–Crippen LogP) is 2.83. The molecule has 0 fully saturated rings. The van der Waals surface area contributed by atoms with Gasteiger partial charge in [0.25, 0.3) is 11.7 Å². The molecule has 5 heteroatoms. The van der Waals surface area contributed by atoms with Crippen molar-refractivity contribution in [2.75, 3.05) is 0 Å². The minimum Gasteiger partial charge on any atom is -0.346 e. The highest BCUT2D eigenvalue weighted by Crippen LogP contribution is 2.18. The molecule has 0 saturated carbocycles. The summed E-state index contributed by atoms with van der Waals surface area (Å²) in [6, 6.07) is 9.50. The van der Waals surface area contributed by atoms with Crippen LogP contribution >= 0.6 is 0 Å². The fraction of sp³-hybridized carbons (Fsp3) is 0.389. The van der Waals surface area contributed by atoms with Crippen LogP contribution in [0.3, 0.4) is 0 Å². The third-order valence-corrected chi connectivity index (χ3v) is 4.08. The second-order valence-corrected chi connectivity index (χ2v) is 6.13. The van der Waals surface area contributed by atoms with Crippen molar-refractivity contribution in [3.05, 3.63) is 47.3 Å². The van der Waals surface area contributed by atoms with E-state index in [0.29, 0.717) is 17.0 Å². The lowest BCUT2D eigenvalue weighted by molar-refractivity contribution is -0.117. The molecular formula is C18H23N3O2. The van der Waals surface area contributed by atoms with Gasteiger partial charge in [0.2, 0.25) is 0 Å². The number of carbonyl (C=O) groups is 2. The SMILES string of the molecule is Cc1nn(-c2ccccc2)c(C)c1C(=O)C(=O)NC(C)C(C)C. The molecule has 23 heavy (non-hydrogen) atoms.